The Morgan fingerprint density at radius 1 is 1.04 bits per heavy atom. The molecule has 0 bridgehead atoms. The molecule has 0 spiro atoms. The Bertz CT molecular complexity index is 886. The maximum atomic E-state index is 12.7. The summed E-state index contributed by atoms with van der Waals surface area (Å²) in [4.78, 5) is 17.0. The fraction of sp³-hybridized carbons (Fsp3) is 0.158. The van der Waals surface area contributed by atoms with Gasteiger partial charge in [0.15, 0.2) is 0 Å². The molecule has 3 nitrogen and oxygen atoms in total. The van der Waals surface area contributed by atoms with Gasteiger partial charge in [-0.3, -0.25) is 9.78 Å². The molecule has 1 saturated heterocycles. The molecule has 120 valence electrons. The first kappa shape index (κ1) is 15.5. The molecule has 1 aliphatic heterocycles. The largest absolute Gasteiger partial charge is 0.322 e. The van der Waals surface area contributed by atoms with E-state index in [0.29, 0.717) is 10.1 Å². The number of fused-ring (bicyclic) bond motifs is 1. The van der Waals surface area contributed by atoms with Crippen LogP contribution in [-0.4, -0.2) is 22.4 Å². The van der Waals surface area contributed by atoms with Gasteiger partial charge in [-0.05, 0) is 29.8 Å². The van der Waals surface area contributed by atoms with Gasteiger partial charge in [-0.1, -0.05) is 30.3 Å². The van der Waals surface area contributed by atoms with Crippen molar-refractivity contribution in [2.45, 2.75) is 4.58 Å². The first-order valence-electron chi connectivity index (χ1n) is 7.79. The summed E-state index contributed by atoms with van der Waals surface area (Å²) in [6, 6.07) is 17.6. The highest BCUT2D eigenvalue weighted by Crippen LogP contribution is 2.45. The van der Waals surface area contributed by atoms with Crippen LogP contribution >= 0.6 is 23.5 Å². The average molecular weight is 352 g/mol. The van der Waals surface area contributed by atoms with Gasteiger partial charge in [0.05, 0.1) is 15.7 Å². The number of rotatable bonds is 3. The number of thioether (sulfide) groups is 2. The van der Waals surface area contributed by atoms with Crippen molar-refractivity contribution in [2.24, 2.45) is 0 Å². The third kappa shape index (κ3) is 3.14. The van der Waals surface area contributed by atoms with Crippen LogP contribution in [0.5, 0.6) is 0 Å². The molecule has 0 atom stereocenters. The number of benzene rings is 2. The molecular formula is C19H16N2OS2. The standard InChI is InChI=1S/C19H16N2OS2/c22-18(16-8-9-20-17-7-2-1-6-15(16)17)21-14-5-3-4-13(12-14)19-23-10-11-24-19/h1-9,12,19H,10-11H2,(H,21,22). The van der Waals surface area contributed by atoms with Gasteiger partial charge in [-0.25, -0.2) is 0 Å². The van der Waals surface area contributed by atoms with Gasteiger partial charge in [0, 0.05) is 28.8 Å². The number of hydrogen-bond acceptors (Lipinski definition) is 4. The van der Waals surface area contributed by atoms with Gasteiger partial charge in [0.25, 0.3) is 5.91 Å². The lowest BCUT2D eigenvalue weighted by molar-refractivity contribution is 0.102. The molecule has 3 aromatic rings. The fourth-order valence-electron chi connectivity index (χ4n) is 2.81. The van der Waals surface area contributed by atoms with Crippen LogP contribution in [0.25, 0.3) is 10.9 Å². The van der Waals surface area contributed by atoms with Gasteiger partial charge in [-0.15, -0.1) is 23.5 Å². The van der Waals surface area contributed by atoms with Crippen LogP contribution in [0.15, 0.2) is 60.8 Å². The minimum absolute atomic E-state index is 0.0996. The molecule has 4 rings (SSSR count). The zero-order valence-corrected chi connectivity index (χ0v) is 14.6. The summed E-state index contributed by atoms with van der Waals surface area (Å²) in [5.41, 5.74) is 3.58. The molecule has 2 aromatic carbocycles. The number of aromatic nitrogens is 1. The summed E-state index contributed by atoms with van der Waals surface area (Å²) in [7, 11) is 0. The van der Waals surface area contributed by atoms with E-state index in [1.54, 1.807) is 12.3 Å². The molecule has 1 amide bonds. The Morgan fingerprint density at radius 3 is 2.75 bits per heavy atom. The molecule has 1 aliphatic rings. The number of pyridine rings is 1. The quantitative estimate of drug-likeness (QED) is 0.723. The Kier molecular flexibility index (Phi) is 4.45. The lowest BCUT2D eigenvalue weighted by Crippen LogP contribution is -2.12. The number of nitrogens with one attached hydrogen (secondary N) is 1. The number of carbonyl (C=O) groups is 1. The molecule has 1 aromatic heterocycles. The second-order valence-electron chi connectivity index (χ2n) is 5.53. The summed E-state index contributed by atoms with van der Waals surface area (Å²) >= 11 is 3.93. The van der Waals surface area contributed by atoms with Crippen molar-refractivity contribution in [1.82, 2.24) is 4.98 Å². The van der Waals surface area contributed by atoms with Crippen molar-refractivity contribution in [3.8, 4) is 0 Å². The Hall–Kier alpha value is -1.98. The molecule has 5 heteroatoms. The van der Waals surface area contributed by atoms with Crippen molar-refractivity contribution in [3.05, 3.63) is 71.9 Å². The maximum Gasteiger partial charge on any atom is 0.256 e. The van der Waals surface area contributed by atoms with Crippen molar-refractivity contribution in [1.29, 1.82) is 0 Å². The van der Waals surface area contributed by atoms with Crippen LogP contribution < -0.4 is 5.32 Å². The number of para-hydroxylation sites is 1. The van der Waals surface area contributed by atoms with E-state index in [0.717, 1.165) is 16.6 Å². The predicted molar refractivity (Wildman–Crippen MR) is 104 cm³/mol. The Balaban J connectivity index is 1.60. The van der Waals surface area contributed by atoms with E-state index >= 15 is 0 Å². The molecule has 1 fully saturated rings. The number of carbonyl (C=O) groups excluding carboxylic acids is 1. The summed E-state index contributed by atoms with van der Waals surface area (Å²) < 4.78 is 0.476. The molecule has 0 aliphatic carbocycles. The third-order valence-corrected chi connectivity index (χ3v) is 7.04. The number of amides is 1. The summed E-state index contributed by atoms with van der Waals surface area (Å²) in [6.07, 6.45) is 1.68. The number of anilines is 1. The van der Waals surface area contributed by atoms with E-state index in [9.17, 15) is 4.79 Å². The van der Waals surface area contributed by atoms with Gasteiger partial charge in [-0.2, -0.15) is 0 Å². The van der Waals surface area contributed by atoms with Crippen LogP contribution in [0.3, 0.4) is 0 Å². The number of hydrogen-bond donors (Lipinski definition) is 1. The van der Waals surface area contributed by atoms with Crippen LogP contribution in [0.4, 0.5) is 5.69 Å². The normalized spacial score (nSPS) is 14.8. The highest BCUT2D eigenvalue weighted by atomic mass is 32.2. The van der Waals surface area contributed by atoms with E-state index in [1.165, 1.54) is 17.1 Å². The minimum Gasteiger partial charge on any atom is -0.322 e. The Labute approximate surface area is 149 Å². The molecule has 2 heterocycles. The summed E-state index contributed by atoms with van der Waals surface area (Å²) in [5, 5.41) is 3.90. The van der Waals surface area contributed by atoms with E-state index in [1.807, 2.05) is 59.9 Å². The highest BCUT2D eigenvalue weighted by Gasteiger charge is 2.19. The minimum atomic E-state index is -0.0996. The zero-order valence-electron chi connectivity index (χ0n) is 12.9. The Morgan fingerprint density at radius 2 is 1.88 bits per heavy atom. The highest BCUT2D eigenvalue weighted by molar-refractivity contribution is 8.19. The van der Waals surface area contributed by atoms with Gasteiger partial charge in [0.1, 0.15) is 0 Å². The van der Waals surface area contributed by atoms with E-state index < -0.39 is 0 Å². The second-order valence-corrected chi connectivity index (χ2v) is 8.25. The van der Waals surface area contributed by atoms with Crippen molar-refractivity contribution >= 4 is 46.0 Å². The molecule has 0 unspecified atom stereocenters. The fourth-order valence-corrected chi connectivity index (χ4v) is 5.64. The lowest BCUT2D eigenvalue weighted by atomic mass is 10.1. The van der Waals surface area contributed by atoms with Gasteiger partial charge >= 0.3 is 0 Å². The molecule has 1 N–H and O–H groups in total. The van der Waals surface area contributed by atoms with Gasteiger partial charge < -0.3 is 5.32 Å². The van der Waals surface area contributed by atoms with Crippen LogP contribution in [0, 0.1) is 0 Å². The van der Waals surface area contributed by atoms with E-state index in [4.69, 9.17) is 0 Å². The summed E-state index contributed by atoms with van der Waals surface area (Å²) in [5.74, 6) is 2.28. The van der Waals surface area contributed by atoms with Gasteiger partial charge in [0.2, 0.25) is 0 Å². The second kappa shape index (κ2) is 6.87. The van der Waals surface area contributed by atoms with Crippen LogP contribution in [0.1, 0.15) is 20.5 Å². The maximum absolute atomic E-state index is 12.7. The SMILES string of the molecule is O=C(Nc1cccc(C2SCCS2)c1)c1ccnc2ccccc12. The zero-order chi connectivity index (χ0) is 16.4. The first-order valence-corrected chi connectivity index (χ1v) is 9.89. The smallest absolute Gasteiger partial charge is 0.256 e. The molecule has 0 saturated carbocycles. The molecule has 0 radical (unpaired) electrons. The third-order valence-electron chi connectivity index (χ3n) is 3.93. The monoisotopic (exact) mass is 352 g/mol. The molecular weight excluding hydrogens is 336 g/mol. The average Bonchev–Trinajstić information content (AvgIpc) is 3.16. The summed E-state index contributed by atoms with van der Waals surface area (Å²) in [6.45, 7) is 0. The van der Waals surface area contributed by atoms with Crippen molar-refractivity contribution in [2.75, 3.05) is 16.8 Å². The molecule has 24 heavy (non-hydrogen) atoms. The van der Waals surface area contributed by atoms with Crippen LogP contribution in [0.2, 0.25) is 0 Å². The predicted octanol–water partition coefficient (Wildman–Crippen LogP) is 4.97. The van der Waals surface area contributed by atoms with E-state index in [2.05, 4.69) is 22.4 Å². The van der Waals surface area contributed by atoms with E-state index in [-0.39, 0.29) is 5.91 Å². The first-order chi connectivity index (χ1) is 11.8. The lowest BCUT2D eigenvalue weighted by Gasteiger charge is -2.12. The number of nitrogens with zero attached hydrogens (tertiary/aromatic N) is 1. The topological polar surface area (TPSA) is 42.0 Å². The van der Waals surface area contributed by atoms with Crippen molar-refractivity contribution in [3.63, 3.8) is 0 Å². The van der Waals surface area contributed by atoms with Crippen molar-refractivity contribution < 1.29 is 4.79 Å². The van der Waals surface area contributed by atoms with Crippen LogP contribution in [-0.2, 0) is 0 Å².